The highest BCUT2D eigenvalue weighted by molar-refractivity contribution is 4.73. The summed E-state index contributed by atoms with van der Waals surface area (Å²) in [6, 6.07) is 0.610. The molecule has 0 saturated carbocycles. The number of rotatable bonds is 7. The predicted octanol–water partition coefficient (Wildman–Crippen LogP) is 2.34. The van der Waals surface area contributed by atoms with Gasteiger partial charge in [0.2, 0.25) is 0 Å². The molecule has 0 aliphatic rings. The Balaban J connectivity index is 4.11. The van der Waals surface area contributed by atoms with Gasteiger partial charge in [-0.15, -0.1) is 0 Å². The van der Waals surface area contributed by atoms with E-state index < -0.39 is 0 Å². The van der Waals surface area contributed by atoms with Gasteiger partial charge >= 0.3 is 0 Å². The summed E-state index contributed by atoms with van der Waals surface area (Å²) >= 11 is 0. The van der Waals surface area contributed by atoms with E-state index in [9.17, 15) is 0 Å². The number of hydrogen-bond acceptors (Lipinski definition) is 2. The first-order chi connectivity index (χ1) is 6.56. The van der Waals surface area contributed by atoms with Gasteiger partial charge in [0.25, 0.3) is 0 Å². The third kappa shape index (κ3) is 4.43. The molecule has 0 aliphatic carbocycles. The maximum absolute atomic E-state index is 5.70. The van der Waals surface area contributed by atoms with Crippen molar-refractivity contribution >= 4 is 0 Å². The Morgan fingerprint density at radius 1 is 1.14 bits per heavy atom. The molecule has 2 nitrogen and oxygen atoms in total. The second kappa shape index (κ2) is 7.24. The average Bonchev–Trinajstić information content (AvgIpc) is 2.23. The van der Waals surface area contributed by atoms with Crippen LogP contribution in [0.5, 0.6) is 0 Å². The summed E-state index contributed by atoms with van der Waals surface area (Å²) in [7, 11) is 0. The van der Waals surface area contributed by atoms with Crippen molar-refractivity contribution in [2.75, 3.05) is 19.6 Å². The van der Waals surface area contributed by atoms with E-state index in [4.69, 9.17) is 5.73 Å². The molecule has 0 aromatic heterocycles. The molecule has 2 N–H and O–H groups in total. The zero-order valence-electron chi connectivity index (χ0n) is 10.6. The van der Waals surface area contributed by atoms with Crippen LogP contribution in [0.3, 0.4) is 0 Å². The molecule has 0 bridgehead atoms. The Hall–Kier alpha value is -0.0800. The molecule has 14 heavy (non-hydrogen) atoms. The molecule has 0 fully saturated rings. The maximum atomic E-state index is 5.70. The van der Waals surface area contributed by atoms with Crippen LogP contribution in [-0.2, 0) is 0 Å². The minimum atomic E-state index is 0.596. The lowest BCUT2D eigenvalue weighted by Crippen LogP contribution is -2.42. The molecule has 0 rings (SSSR count). The number of hydrogen-bond donors (Lipinski definition) is 1. The number of nitrogens with zero attached hydrogens (tertiary/aromatic N) is 1. The Labute approximate surface area is 89.9 Å². The van der Waals surface area contributed by atoms with Crippen LogP contribution in [0.15, 0.2) is 0 Å². The Morgan fingerprint density at radius 2 is 1.71 bits per heavy atom. The summed E-state index contributed by atoms with van der Waals surface area (Å²) in [5.74, 6) is 1.39. The van der Waals surface area contributed by atoms with Crippen molar-refractivity contribution in [2.24, 2.45) is 17.6 Å². The minimum Gasteiger partial charge on any atom is -0.330 e. The van der Waals surface area contributed by atoms with Crippen molar-refractivity contribution in [3.05, 3.63) is 0 Å². The molecular weight excluding hydrogens is 172 g/mol. The van der Waals surface area contributed by atoms with Gasteiger partial charge in [-0.1, -0.05) is 34.1 Å². The second-order valence-corrected chi connectivity index (χ2v) is 4.55. The van der Waals surface area contributed by atoms with Gasteiger partial charge in [-0.2, -0.15) is 0 Å². The van der Waals surface area contributed by atoms with Gasteiger partial charge in [-0.05, 0) is 31.8 Å². The van der Waals surface area contributed by atoms with Crippen LogP contribution in [0.1, 0.15) is 41.0 Å². The van der Waals surface area contributed by atoms with E-state index in [0.29, 0.717) is 12.0 Å². The first kappa shape index (κ1) is 13.9. The van der Waals surface area contributed by atoms with Gasteiger partial charge in [0.1, 0.15) is 0 Å². The molecule has 0 amide bonds. The maximum Gasteiger partial charge on any atom is 0.0105 e. The minimum absolute atomic E-state index is 0.596. The third-order valence-electron chi connectivity index (χ3n) is 3.42. The second-order valence-electron chi connectivity index (χ2n) is 4.55. The summed E-state index contributed by atoms with van der Waals surface area (Å²) in [6.45, 7) is 14.5. The van der Waals surface area contributed by atoms with Gasteiger partial charge in [0.05, 0.1) is 0 Å². The van der Waals surface area contributed by atoms with Crippen LogP contribution in [0.25, 0.3) is 0 Å². The SMILES string of the molecule is CCC(C)CN(CC)C(C)C(C)CN. The summed E-state index contributed by atoms with van der Waals surface area (Å²) in [5.41, 5.74) is 5.70. The fourth-order valence-electron chi connectivity index (χ4n) is 1.67. The van der Waals surface area contributed by atoms with Crippen LogP contribution >= 0.6 is 0 Å². The van der Waals surface area contributed by atoms with Crippen LogP contribution < -0.4 is 5.73 Å². The van der Waals surface area contributed by atoms with Crippen LogP contribution in [0.4, 0.5) is 0 Å². The zero-order chi connectivity index (χ0) is 11.1. The smallest absolute Gasteiger partial charge is 0.0105 e. The highest BCUT2D eigenvalue weighted by Gasteiger charge is 2.18. The van der Waals surface area contributed by atoms with E-state index in [2.05, 4.69) is 39.5 Å². The summed E-state index contributed by atoms with van der Waals surface area (Å²) in [5, 5.41) is 0. The summed E-state index contributed by atoms with van der Waals surface area (Å²) in [4.78, 5) is 2.55. The molecule has 2 heteroatoms. The van der Waals surface area contributed by atoms with E-state index in [1.54, 1.807) is 0 Å². The van der Waals surface area contributed by atoms with Crippen molar-refractivity contribution in [1.29, 1.82) is 0 Å². The molecule has 0 radical (unpaired) electrons. The molecule has 3 atom stereocenters. The topological polar surface area (TPSA) is 29.3 Å². The van der Waals surface area contributed by atoms with Gasteiger partial charge in [-0.3, -0.25) is 0 Å². The highest BCUT2D eigenvalue weighted by atomic mass is 15.1. The molecular formula is C12H28N2. The molecule has 0 aromatic rings. The van der Waals surface area contributed by atoms with E-state index in [0.717, 1.165) is 19.0 Å². The predicted molar refractivity (Wildman–Crippen MR) is 64.4 cm³/mol. The normalized spacial score (nSPS) is 18.2. The summed E-state index contributed by atoms with van der Waals surface area (Å²) in [6.07, 6.45) is 1.26. The standard InChI is InChI=1S/C12H28N2/c1-6-10(3)9-14(7-2)12(5)11(4)8-13/h10-12H,6-9,13H2,1-5H3. The lowest BCUT2D eigenvalue weighted by atomic mass is 10.00. The zero-order valence-corrected chi connectivity index (χ0v) is 10.6. The van der Waals surface area contributed by atoms with Crippen molar-refractivity contribution in [1.82, 2.24) is 4.90 Å². The quantitative estimate of drug-likeness (QED) is 0.683. The molecule has 0 aliphatic heterocycles. The van der Waals surface area contributed by atoms with E-state index in [1.165, 1.54) is 13.0 Å². The number of nitrogens with two attached hydrogens (primary N) is 1. The Kier molecular flexibility index (Phi) is 7.20. The molecule has 0 spiro atoms. The van der Waals surface area contributed by atoms with E-state index in [1.807, 2.05) is 0 Å². The van der Waals surface area contributed by atoms with Gasteiger partial charge < -0.3 is 10.6 Å². The first-order valence-electron chi connectivity index (χ1n) is 6.00. The van der Waals surface area contributed by atoms with E-state index in [-0.39, 0.29) is 0 Å². The lowest BCUT2D eigenvalue weighted by molar-refractivity contribution is 0.149. The van der Waals surface area contributed by atoms with Crippen LogP contribution in [-0.4, -0.2) is 30.6 Å². The fraction of sp³-hybridized carbons (Fsp3) is 1.00. The Morgan fingerprint density at radius 3 is 2.07 bits per heavy atom. The summed E-state index contributed by atoms with van der Waals surface area (Å²) < 4.78 is 0. The van der Waals surface area contributed by atoms with Gasteiger partial charge in [-0.25, -0.2) is 0 Å². The molecule has 86 valence electrons. The van der Waals surface area contributed by atoms with Crippen molar-refractivity contribution in [2.45, 2.75) is 47.1 Å². The lowest BCUT2D eigenvalue weighted by Gasteiger charge is -2.33. The van der Waals surface area contributed by atoms with E-state index >= 15 is 0 Å². The van der Waals surface area contributed by atoms with Gasteiger partial charge in [0.15, 0.2) is 0 Å². The van der Waals surface area contributed by atoms with Crippen LogP contribution in [0, 0.1) is 11.8 Å². The van der Waals surface area contributed by atoms with Gasteiger partial charge in [0, 0.05) is 12.6 Å². The average molecular weight is 200 g/mol. The van der Waals surface area contributed by atoms with Crippen molar-refractivity contribution in [3.63, 3.8) is 0 Å². The Bertz CT molecular complexity index is 136. The van der Waals surface area contributed by atoms with Crippen molar-refractivity contribution < 1.29 is 0 Å². The largest absolute Gasteiger partial charge is 0.330 e. The third-order valence-corrected chi connectivity index (χ3v) is 3.42. The monoisotopic (exact) mass is 200 g/mol. The van der Waals surface area contributed by atoms with Crippen molar-refractivity contribution in [3.8, 4) is 0 Å². The van der Waals surface area contributed by atoms with Crippen LogP contribution in [0.2, 0.25) is 0 Å². The highest BCUT2D eigenvalue weighted by Crippen LogP contribution is 2.13. The molecule has 3 unspecified atom stereocenters. The molecule has 0 aromatic carbocycles. The fourth-order valence-corrected chi connectivity index (χ4v) is 1.67. The molecule has 0 saturated heterocycles. The first-order valence-corrected chi connectivity index (χ1v) is 6.00. The molecule has 0 heterocycles.